The predicted octanol–water partition coefficient (Wildman–Crippen LogP) is 11.0. The number of Topliss-reactive ketones (excluding diaryl/α,β-unsaturated/α-hetero) is 1. The molecule has 2 aliphatic rings. The van der Waals surface area contributed by atoms with Gasteiger partial charge in [-0.3, -0.25) is 28.6 Å². The van der Waals surface area contributed by atoms with E-state index in [0.717, 1.165) is 65.7 Å². The zero-order valence-electron chi connectivity index (χ0n) is 32.7. The first kappa shape index (κ1) is 53.3. The third kappa shape index (κ3) is 22.8. The number of hydrogen-bond donors (Lipinski definition) is 2. The summed E-state index contributed by atoms with van der Waals surface area (Å²) in [5.74, 6) is -0.665. The van der Waals surface area contributed by atoms with E-state index in [0.29, 0.717) is 6.26 Å². The number of carboxylic acid groups (broad SMARTS) is 1. The Labute approximate surface area is 384 Å². The molecule has 0 bridgehead atoms. The van der Waals surface area contributed by atoms with Crippen LogP contribution in [0.5, 0.6) is 0 Å². The molecule has 18 heteroatoms. The number of nitrogens with zero attached hydrogens (tertiary/aromatic N) is 1. The van der Waals surface area contributed by atoms with Crippen LogP contribution in [0.3, 0.4) is 0 Å². The van der Waals surface area contributed by atoms with Gasteiger partial charge < -0.3 is 9.84 Å². The van der Waals surface area contributed by atoms with E-state index in [9.17, 15) is 36.8 Å². The van der Waals surface area contributed by atoms with Crippen molar-refractivity contribution in [3.63, 3.8) is 0 Å². The van der Waals surface area contributed by atoms with Gasteiger partial charge in [0.25, 0.3) is 10.1 Å². The summed E-state index contributed by atoms with van der Waals surface area (Å²) < 4.78 is 43.5. The number of aliphatic carboxylic acids is 1. The van der Waals surface area contributed by atoms with Crippen LogP contribution in [0.1, 0.15) is 125 Å². The molecular formula is C40H54FI3NO10S2V. The monoisotopic (exact) mass is 1220 g/mol. The number of fused-ring (bicyclic) bond motifs is 3. The van der Waals surface area contributed by atoms with Gasteiger partial charge in [0, 0.05) is 38.1 Å². The molecule has 324 valence electrons. The fourth-order valence-electron chi connectivity index (χ4n) is 6.92. The van der Waals surface area contributed by atoms with Gasteiger partial charge >= 0.3 is 77.0 Å². The number of ether oxygens (including phenoxy) is 1. The normalized spacial score (nSPS) is 15.6. The van der Waals surface area contributed by atoms with Gasteiger partial charge in [-0.2, -0.15) is 8.42 Å². The first-order valence-electron chi connectivity index (χ1n) is 19.4. The molecule has 0 aromatic heterocycles. The summed E-state index contributed by atoms with van der Waals surface area (Å²) in [6.07, 6.45) is 14.5. The number of likely N-dealkylation sites (tertiary alicyclic amines) is 1. The number of ketones is 1. The van der Waals surface area contributed by atoms with Crippen molar-refractivity contribution in [1.29, 1.82) is 0 Å². The number of benzene rings is 2. The molecule has 0 radical (unpaired) electrons. The zero-order chi connectivity index (χ0) is 43.1. The van der Waals surface area contributed by atoms with Crippen LogP contribution in [0.4, 0.5) is 9.18 Å². The van der Waals surface area contributed by atoms with E-state index >= 15 is 0 Å². The summed E-state index contributed by atoms with van der Waals surface area (Å²) in [6, 6.07) is 13.4. The Morgan fingerprint density at radius 1 is 0.845 bits per heavy atom. The predicted molar refractivity (Wildman–Crippen MR) is 249 cm³/mol. The Morgan fingerprint density at radius 3 is 1.91 bits per heavy atom. The number of thioether (sulfide) groups is 1. The Morgan fingerprint density at radius 2 is 1.36 bits per heavy atom. The number of halogens is 4. The molecule has 1 aliphatic heterocycles. The van der Waals surface area contributed by atoms with Crippen LogP contribution >= 0.6 is 71.7 Å². The van der Waals surface area contributed by atoms with E-state index < -0.39 is 22.3 Å². The van der Waals surface area contributed by atoms with Gasteiger partial charge in [0.05, 0.1) is 11.5 Å². The Kier molecular flexibility index (Phi) is 27.1. The van der Waals surface area contributed by atoms with E-state index in [1.54, 1.807) is 11.8 Å². The molecule has 0 spiro atoms. The molecule has 0 saturated carbocycles. The summed E-state index contributed by atoms with van der Waals surface area (Å²) in [7, 11) is -3.67. The van der Waals surface area contributed by atoms with Crippen LogP contribution < -0.4 is 0 Å². The van der Waals surface area contributed by atoms with Crippen molar-refractivity contribution in [1.82, 2.24) is 4.90 Å². The topological polar surface area (TPSA) is 172 Å². The van der Waals surface area contributed by atoms with E-state index in [4.69, 9.17) is 14.4 Å². The second-order valence-corrected chi connectivity index (χ2v) is 52.3. The van der Waals surface area contributed by atoms with E-state index in [1.165, 1.54) is 56.3 Å². The fraction of sp³-hybridized carbons (Fsp3) is 0.575. The molecule has 1 aliphatic carbocycles. The van der Waals surface area contributed by atoms with Crippen LogP contribution in [0, 0.1) is 0 Å². The van der Waals surface area contributed by atoms with Gasteiger partial charge in [-0.15, -0.1) is 16.2 Å². The minimum absolute atomic E-state index is 0.0798. The molecule has 2 unspecified atom stereocenters. The molecule has 1 saturated heterocycles. The zero-order valence-corrected chi connectivity index (χ0v) is 42.2. The number of unbranched alkanes of at least 4 members (excludes halogenated alkanes) is 12. The second-order valence-electron chi connectivity index (χ2n) is 14.2. The van der Waals surface area contributed by atoms with Crippen LogP contribution in [-0.2, 0) is 45.4 Å². The van der Waals surface area contributed by atoms with Gasteiger partial charge in [-0.05, 0) is 46.4 Å². The number of imide groups is 1. The summed E-state index contributed by atoms with van der Waals surface area (Å²) in [5, 5.41) is 8.29. The van der Waals surface area contributed by atoms with Crippen LogP contribution in [0.15, 0.2) is 42.5 Å². The molecule has 58 heavy (non-hydrogen) atoms. The Hall–Kier alpha value is -0.846. The van der Waals surface area contributed by atoms with Gasteiger partial charge in [0.15, 0.2) is 0 Å². The molecule has 2 N–H and O–H groups in total. The van der Waals surface area contributed by atoms with E-state index in [-0.39, 0.29) is 72.5 Å². The molecule has 2 aromatic carbocycles. The van der Waals surface area contributed by atoms with Crippen LogP contribution in [-0.4, -0.2) is 83.2 Å². The number of carbonyl (C=O) groups excluding carboxylic acids is 4. The van der Waals surface area contributed by atoms with Gasteiger partial charge in [0.1, 0.15) is 12.4 Å². The molecule has 4 rings (SSSR count). The average molecular weight is 1220 g/mol. The number of amides is 2. The summed E-state index contributed by atoms with van der Waals surface area (Å²) >= 11 is 8.94. The molecule has 1 heterocycles. The standard InChI is InChI=1S/C39H50FNO7S.CH4O3S.3HI.V/c40-39(47)48-27-34-31-17-14-13-16-30(31)32-20-19-28(25-33(32)34)24-29(42)21-22-41-36(43)26-35(38(41)46)49-23-15-11-9-7-5-3-1-2-4-6-8-10-12-18-37(44)45;1-5(2,3)4;;;;/h13-14,16-17,19-20,25,34-35H,1-12,15,18,21-24,26-27H2,(H,44,45);1H3,(H,2,3,4);3*1H;/q;;;;;+3/p-3. The fourth-order valence-corrected chi connectivity index (χ4v) is 8.10. The third-order valence-electron chi connectivity index (χ3n) is 9.55. The van der Waals surface area contributed by atoms with Gasteiger partial charge in [0.2, 0.25) is 11.8 Å². The molecule has 1 fully saturated rings. The van der Waals surface area contributed by atoms with E-state index in [2.05, 4.69) is 59.9 Å². The van der Waals surface area contributed by atoms with E-state index in [1.807, 2.05) is 42.5 Å². The quantitative estimate of drug-likeness (QED) is 0.0337. The van der Waals surface area contributed by atoms with Crippen molar-refractivity contribution in [2.45, 2.75) is 120 Å². The van der Waals surface area contributed by atoms with Gasteiger partial charge in [-0.1, -0.05) is 113 Å². The van der Waals surface area contributed by atoms with Gasteiger partial charge in [-0.25, -0.2) is 4.79 Å². The first-order valence-corrected chi connectivity index (χ1v) is 35.8. The summed E-state index contributed by atoms with van der Waals surface area (Å²) in [5.41, 5.74) is 4.55. The van der Waals surface area contributed by atoms with Crippen molar-refractivity contribution in [2.75, 3.05) is 25.2 Å². The third-order valence-corrected chi connectivity index (χ3v) is 10.8. The minimum atomic E-state index is -3.67. The van der Waals surface area contributed by atoms with Crippen molar-refractivity contribution in [3.05, 3.63) is 59.2 Å². The SMILES string of the molecule is CS(=O)(=O)O.O=C(O)CCCCCCCCCCCCCCCSC1CC(=O)N(CCC(=O)Cc2ccc3c(c2)C(COC(=O)F)c2ccccc2-3)C1=O.[I][V]([I])[I]. The Balaban J connectivity index is 0.00000116. The number of hydrogen-bond acceptors (Lipinski definition) is 9. The molecule has 2 atom stereocenters. The van der Waals surface area contributed by atoms with Crippen LogP contribution in [0.2, 0.25) is 0 Å². The van der Waals surface area contributed by atoms with Crippen molar-refractivity contribution in [2.24, 2.45) is 0 Å². The maximum atomic E-state index is 13.0. The van der Waals surface area contributed by atoms with Crippen molar-refractivity contribution >= 4 is 112 Å². The second kappa shape index (κ2) is 29.5. The van der Waals surface area contributed by atoms with Crippen molar-refractivity contribution < 1.29 is 56.1 Å². The van der Waals surface area contributed by atoms with Crippen LogP contribution in [0.25, 0.3) is 11.1 Å². The average Bonchev–Trinajstić information content (AvgIpc) is 3.59. The number of carbonyl (C=O) groups is 5. The molecule has 2 amide bonds. The number of rotatable bonds is 24. The Bertz CT molecular complexity index is 1740. The molecule has 11 nitrogen and oxygen atoms in total. The summed E-state index contributed by atoms with van der Waals surface area (Å²) in [6.45, 7) is -0.0382. The summed E-state index contributed by atoms with van der Waals surface area (Å²) in [4.78, 5) is 60.9. The first-order chi connectivity index (χ1) is 27.5. The maximum absolute atomic E-state index is 13.0. The molecular weight excluding hydrogens is 1170 g/mol. The van der Waals surface area contributed by atoms with Crippen molar-refractivity contribution in [3.8, 4) is 11.1 Å². The molecule has 2 aromatic rings. The number of carboxylic acids is 1.